The Morgan fingerprint density at radius 2 is 1.31 bits per heavy atom. The molecule has 5 aliphatic rings. The molecule has 1 spiro atoms. The van der Waals surface area contributed by atoms with Gasteiger partial charge < -0.3 is 4.74 Å². The first-order valence-corrected chi connectivity index (χ1v) is 13.2. The molecule has 8 rings (SSSR count). The molecular weight excluding hydrogens is 506 g/mol. The second-order valence-corrected chi connectivity index (χ2v) is 11.1. The van der Waals surface area contributed by atoms with Crippen molar-refractivity contribution in [1.82, 2.24) is 10.0 Å². The topological polar surface area (TPSA) is 68.1 Å². The first-order valence-electron chi connectivity index (χ1n) is 13.2. The van der Waals surface area contributed by atoms with Gasteiger partial charge in [0, 0.05) is 19.3 Å². The second-order valence-electron chi connectivity index (χ2n) is 11.1. The molecule has 9 heteroatoms. The highest BCUT2D eigenvalue weighted by Gasteiger charge is 2.84. The van der Waals surface area contributed by atoms with Crippen LogP contribution in [-0.4, -0.2) is 39.8 Å². The summed E-state index contributed by atoms with van der Waals surface area (Å²) in [5, 5.41) is 2.97. The van der Waals surface area contributed by atoms with Gasteiger partial charge in [-0.2, -0.15) is 5.01 Å². The first-order chi connectivity index (χ1) is 18.9. The van der Waals surface area contributed by atoms with E-state index in [0.29, 0.717) is 35.1 Å². The standard InChI is InChI=1S/C30H24F2N2O5/c31-20-11-7-18(8-12-20)29-17-30(19-9-13-21(32)14-10-19)25(37-28(38-39-30)15-3-4-16-28)24(29)34(29)33-26(35)22-5-1-2-6-23(22)27(33)36/h1-2,5-14,24-25H,3-4,15-17H2/t24-,25-,29-,30-,34?/m1/s1. The van der Waals surface area contributed by atoms with E-state index in [4.69, 9.17) is 14.5 Å². The lowest BCUT2D eigenvalue weighted by atomic mass is 9.85. The summed E-state index contributed by atoms with van der Waals surface area (Å²) in [6.45, 7) is 0. The molecule has 2 aliphatic carbocycles. The summed E-state index contributed by atoms with van der Waals surface area (Å²) >= 11 is 0. The van der Waals surface area contributed by atoms with Crippen molar-refractivity contribution in [1.29, 1.82) is 0 Å². The van der Waals surface area contributed by atoms with Crippen LogP contribution in [0.2, 0.25) is 0 Å². The van der Waals surface area contributed by atoms with Crippen LogP contribution in [0, 0.1) is 11.6 Å². The Kier molecular flexibility index (Phi) is 4.67. The van der Waals surface area contributed by atoms with Gasteiger partial charge in [-0.3, -0.25) is 9.59 Å². The van der Waals surface area contributed by atoms with Gasteiger partial charge in [-0.1, -0.05) is 36.4 Å². The zero-order valence-electron chi connectivity index (χ0n) is 20.8. The molecule has 7 nitrogen and oxygen atoms in total. The number of rotatable bonds is 3. The number of benzene rings is 3. The Hall–Kier alpha value is -3.50. The van der Waals surface area contributed by atoms with Crippen LogP contribution in [0.5, 0.6) is 0 Å². The highest BCUT2D eigenvalue weighted by molar-refractivity contribution is 6.21. The van der Waals surface area contributed by atoms with Crippen LogP contribution in [0.3, 0.4) is 0 Å². The van der Waals surface area contributed by atoms with Crippen LogP contribution in [0.1, 0.15) is 63.9 Å². The SMILES string of the molecule is O=C1c2ccccc2C(=O)N1N1[C@@H]2[C@H]3OC4(CCCC4)OO[C@@]3(c3ccc(F)cc3)C[C@@]21c1ccc(F)cc1. The minimum absolute atomic E-state index is 0.232. The van der Waals surface area contributed by atoms with Gasteiger partial charge in [0.25, 0.3) is 11.8 Å². The molecule has 5 atom stereocenters. The predicted molar refractivity (Wildman–Crippen MR) is 132 cm³/mol. The van der Waals surface area contributed by atoms with Gasteiger partial charge in [0.15, 0.2) is 5.60 Å². The lowest BCUT2D eigenvalue weighted by molar-refractivity contribution is -0.531. The Balaban J connectivity index is 1.29. The summed E-state index contributed by atoms with van der Waals surface area (Å²) in [4.78, 5) is 39.5. The number of amides is 2. The van der Waals surface area contributed by atoms with E-state index in [1.165, 1.54) is 29.3 Å². The normalized spacial score (nSPS) is 33.8. The van der Waals surface area contributed by atoms with E-state index in [0.717, 1.165) is 12.8 Å². The lowest BCUT2D eigenvalue weighted by Crippen LogP contribution is -2.58. The van der Waals surface area contributed by atoms with Crippen LogP contribution in [-0.2, 0) is 25.7 Å². The average molecular weight is 531 g/mol. The summed E-state index contributed by atoms with van der Waals surface area (Å²) in [5.74, 6) is -2.56. The molecule has 2 amide bonds. The van der Waals surface area contributed by atoms with Crippen molar-refractivity contribution >= 4 is 11.8 Å². The van der Waals surface area contributed by atoms with E-state index in [1.807, 2.05) is 0 Å². The first kappa shape index (κ1) is 23.4. The molecule has 3 aromatic rings. The van der Waals surface area contributed by atoms with Gasteiger partial charge in [0.2, 0.25) is 5.79 Å². The van der Waals surface area contributed by atoms with Crippen molar-refractivity contribution < 1.29 is 32.9 Å². The van der Waals surface area contributed by atoms with Crippen LogP contribution in [0.15, 0.2) is 72.8 Å². The third-order valence-corrected chi connectivity index (χ3v) is 9.09. The van der Waals surface area contributed by atoms with Crippen molar-refractivity contribution in [3.05, 3.63) is 107 Å². The van der Waals surface area contributed by atoms with Gasteiger partial charge in [0.05, 0.1) is 22.7 Å². The smallest absolute Gasteiger partial charge is 0.276 e. The number of fused-ring (bicyclic) bond motifs is 4. The minimum atomic E-state index is -1.14. The van der Waals surface area contributed by atoms with Crippen molar-refractivity contribution in [2.24, 2.45) is 0 Å². The fourth-order valence-electron chi connectivity index (χ4n) is 7.28. The van der Waals surface area contributed by atoms with Crippen LogP contribution < -0.4 is 0 Å². The summed E-state index contributed by atoms with van der Waals surface area (Å²) in [7, 11) is 0. The fourth-order valence-corrected chi connectivity index (χ4v) is 7.28. The van der Waals surface area contributed by atoms with Crippen molar-refractivity contribution in [3.8, 4) is 0 Å². The van der Waals surface area contributed by atoms with Crippen LogP contribution >= 0.6 is 0 Å². The van der Waals surface area contributed by atoms with E-state index in [-0.39, 0.29) is 12.2 Å². The zero-order valence-corrected chi connectivity index (χ0v) is 20.8. The number of halogens is 2. The monoisotopic (exact) mass is 530 g/mol. The summed E-state index contributed by atoms with van der Waals surface area (Å²) in [6.07, 6.45) is 2.68. The molecule has 198 valence electrons. The summed E-state index contributed by atoms with van der Waals surface area (Å²) in [6, 6.07) is 18.3. The zero-order chi connectivity index (χ0) is 26.6. The Morgan fingerprint density at radius 3 is 1.90 bits per heavy atom. The lowest BCUT2D eigenvalue weighted by Gasteiger charge is -2.48. The summed E-state index contributed by atoms with van der Waals surface area (Å²) < 4.78 is 34.8. The average Bonchev–Trinajstić information content (AvgIpc) is 3.21. The Bertz CT molecular complexity index is 1490. The molecule has 39 heavy (non-hydrogen) atoms. The molecule has 3 heterocycles. The van der Waals surface area contributed by atoms with Gasteiger partial charge in [0.1, 0.15) is 17.7 Å². The molecule has 1 unspecified atom stereocenters. The molecule has 2 saturated heterocycles. The van der Waals surface area contributed by atoms with Crippen molar-refractivity contribution in [2.75, 3.05) is 0 Å². The maximum absolute atomic E-state index is 14.1. The van der Waals surface area contributed by atoms with E-state index in [2.05, 4.69) is 0 Å². The minimum Gasteiger partial charge on any atom is -0.339 e. The van der Waals surface area contributed by atoms with Gasteiger partial charge >= 0.3 is 0 Å². The molecule has 2 saturated carbocycles. The molecule has 0 aromatic heterocycles. The molecule has 3 aromatic carbocycles. The maximum Gasteiger partial charge on any atom is 0.276 e. The maximum atomic E-state index is 14.1. The van der Waals surface area contributed by atoms with E-state index in [9.17, 15) is 18.4 Å². The molecule has 4 fully saturated rings. The third-order valence-electron chi connectivity index (χ3n) is 9.09. The number of hydrazine groups is 1. The quantitative estimate of drug-likeness (QED) is 0.271. The Labute approximate surface area is 222 Å². The number of hydrogen-bond acceptors (Lipinski definition) is 6. The molecular formula is C30H24F2N2O5. The number of hydrogen-bond donors (Lipinski definition) is 0. The number of carbonyl (C=O) groups is 2. The summed E-state index contributed by atoms with van der Waals surface area (Å²) in [5.41, 5.74) is -0.0266. The van der Waals surface area contributed by atoms with Crippen molar-refractivity contribution in [3.63, 3.8) is 0 Å². The van der Waals surface area contributed by atoms with Crippen LogP contribution in [0.25, 0.3) is 0 Å². The highest BCUT2D eigenvalue weighted by Crippen LogP contribution is 2.70. The van der Waals surface area contributed by atoms with Crippen LogP contribution in [0.4, 0.5) is 8.78 Å². The van der Waals surface area contributed by atoms with Gasteiger partial charge in [-0.05, 0) is 60.4 Å². The number of imide groups is 1. The molecule has 0 radical (unpaired) electrons. The number of piperidine rings is 1. The molecule has 0 N–H and O–H groups in total. The Morgan fingerprint density at radius 1 is 0.744 bits per heavy atom. The number of nitrogens with zero attached hydrogens (tertiary/aromatic N) is 2. The molecule has 3 aliphatic heterocycles. The largest absolute Gasteiger partial charge is 0.339 e. The highest BCUT2D eigenvalue weighted by atomic mass is 19.1. The predicted octanol–water partition coefficient (Wildman–Crippen LogP) is 4.97. The van der Waals surface area contributed by atoms with Crippen molar-refractivity contribution in [2.45, 2.75) is 61.2 Å². The second kappa shape index (κ2) is 7.79. The van der Waals surface area contributed by atoms with Gasteiger partial charge in [-0.25, -0.2) is 23.6 Å². The van der Waals surface area contributed by atoms with E-state index >= 15 is 0 Å². The van der Waals surface area contributed by atoms with E-state index < -0.39 is 46.7 Å². The fraction of sp³-hybridized carbons (Fsp3) is 0.333. The van der Waals surface area contributed by atoms with Gasteiger partial charge in [-0.15, -0.1) is 0 Å². The number of ether oxygens (including phenoxy) is 1. The molecule has 0 bridgehead atoms. The third kappa shape index (κ3) is 2.98. The number of carbonyl (C=O) groups excluding carboxylic acids is 2. The van der Waals surface area contributed by atoms with E-state index in [1.54, 1.807) is 53.5 Å².